The van der Waals surface area contributed by atoms with E-state index < -0.39 is 0 Å². The fourth-order valence-electron chi connectivity index (χ4n) is 1.36. The van der Waals surface area contributed by atoms with Crippen molar-refractivity contribution in [3.05, 3.63) is 23.5 Å². The molecule has 0 saturated heterocycles. The van der Waals surface area contributed by atoms with Crippen molar-refractivity contribution in [2.24, 2.45) is 0 Å². The Morgan fingerprint density at radius 3 is 3.00 bits per heavy atom. The highest BCUT2D eigenvalue weighted by Gasteiger charge is 2.05. The zero-order valence-electron chi connectivity index (χ0n) is 10.3. The highest BCUT2D eigenvalue weighted by molar-refractivity contribution is 5.29. The smallest absolute Gasteiger partial charge is 0.148 e. The molecule has 0 atom stereocenters. The third-order valence-corrected chi connectivity index (χ3v) is 2.16. The number of nitrogens with zero attached hydrogens (tertiary/aromatic N) is 1. The third-order valence-electron chi connectivity index (χ3n) is 2.16. The van der Waals surface area contributed by atoms with E-state index in [0.717, 1.165) is 23.7 Å². The second-order valence-corrected chi connectivity index (χ2v) is 3.56. The minimum atomic E-state index is 0.260. The maximum Gasteiger partial charge on any atom is 0.148 e. The molecule has 1 aromatic rings. The first-order valence-electron chi connectivity index (χ1n) is 5.50. The molecular formula is C13H18N2O2. The SMILES string of the molecule is C#CCOc1ccc(C)nc1CNCCOC. The fourth-order valence-corrected chi connectivity index (χ4v) is 1.36. The molecule has 92 valence electrons. The highest BCUT2D eigenvalue weighted by Crippen LogP contribution is 2.16. The van der Waals surface area contributed by atoms with Gasteiger partial charge in [-0.2, -0.15) is 0 Å². The maximum absolute atomic E-state index is 5.43. The number of hydrogen-bond donors (Lipinski definition) is 1. The summed E-state index contributed by atoms with van der Waals surface area (Å²) >= 11 is 0. The zero-order chi connectivity index (χ0) is 12.5. The largest absolute Gasteiger partial charge is 0.479 e. The summed E-state index contributed by atoms with van der Waals surface area (Å²) in [5, 5.41) is 3.23. The van der Waals surface area contributed by atoms with Gasteiger partial charge in [0.25, 0.3) is 0 Å². The molecule has 0 fully saturated rings. The van der Waals surface area contributed by atoms with Gasteiger partial charge in [-0.3, -0.25) is 4.98 Å². The lowest BCUT2D eigenvalue weighted by Crippen LogP contribution is -2.20. The second kappa shape index (κ2) is 7.66. The van der Waals surface area contributed by atoms with Gasteiger partial charge in [-0.1, -0.05) is 5.92 Å². The number of nitrogens with one attached hydrogen (secondary N) is 1. The zero-order valence-corrected chi connectivity index (χ0v) is 10.3. The monoisotopic (exact) mass is 234 g/mol. The van der Waals surface area contributed by atoms with Gasteiger partial charge in [0.15, 0.2) is 0 Å². The molecule has 1 heterocycles. The van der Waals surface area contributed by atoms with Crippen LogP contribution in [0.1, 0.15) is 11.4 Å². The van der Waals surface area contributed by atoms with Crippen LogP contribution in [0, 0.1) is 19.3 Å². The van der Waals surface area contributed by atoms with Crippen molar-refractivity contribution in [3.63, 3.8) is 0 Å². The molecule has 0 aromatic carbocycles. The Bertz CT molecular complexity index is 385. The van der Waals surface area contributed by atoms with E-state index in [0.29, 0.717) is 13.2 Å². The summed E-state index contributed by atoms with van der Waals surface area (Å²) in [5.74, 6) is 3.18. The first-order valence-corrected chi connectivity index (χ1v) is 5.50. The van der Waals surface area contributed by atoms with Gasteiger partial charge in [-0.05, 0) is 19.1 Å². The lowest BCUT2D eigenvalue weighted by Gasteiger charge is -2.10. The van der Waals surface area contributed by atoms with E-state index in [-0.39, 0.29) is 6.61 Å². The molecule has 0 amide bonds. The molecule has 0 aliphatic carbocycles. The summed E-state index contributed by atoms with van der Waals surface area (Å²) in [6.45, 7) is 4.30. The Morgan fingerprint density at radius 1 is 1.47 bits per heavy atom. The van der Waals surface area contributed by atoms with Gasteiger partial charge in [0.05, 0.1) is 12.3 Å². The van der Waals surface area contributed by atoms with Gasteiger partial charge in [0.2, 0.25) is 0 Å². The second-order valence-electron chi connectivity index (χ2n) is 3.56. The van der Waals surface area contributed by atoms with E-state index in [1.165, 1.54) is 0 Å². The minimum absolute atomic E-state index is 0.260. The standard InChI is InChI=1S/C13H18N2O2/c1-4-8-17-13-6-5-11(2)15-12(13)10-14-7-9-16-3/h1,5-6,14H,7-10H2,2-3H3. The number of terminal acetylenes is 1. The van der Waals surface area contributed by atoms with Crippen LogP contribution in [-0.2, 0) is 11.3 Å². The molecule has 0 unspecified atom stereocenters. The minimum Gasteiger partial charge on any atom is -0.479 e. The predicted octanol–water partition coefficient (Wildman–Crippen LogP) is 1.14. The van der Waals surface area contributed by atoms with Crippen LogP contribution in [0.4, 0.5) is 0 Å². The molecule has 0 saturated carbocycles. The Balaban J connectivity index is 2.60. The van der Waals surface area contributed by atoms with Crippen LogP contribution < -0.4 is 10.1 Å². The van der Waals surface area contributed by atoms with Gasteiger partial charge in [0, 0.05) is 25.9 Å². The molecule has 0 aliphatic heterocycles. The van der Waals surface area contributed by atoms with Crippen molar-refractivity contribution >= 4 is 0 Å². The number of rotatable bonds is 7. The molecule has 0 spiro atoms. The molecule has 4 nitrogen and oxygen atoms in total. The Hall–Kier alpha value is -1.57. The van der Waals surface area contributed by atoms with Gasteiger partial charge < -0.3 is 14.8 Å². The van der Waals surface area contributed by atoms with Crippen LogP contribution in [-0.4, -0.2) is 31.9 Å². The van der Waals surface area contributed by atoms with Crippen molar-refractivity contribution < 1.29 is 9.47 Å². The van der Waals surface area contributed by atoms with E-state index in [2.05, 4.69) is 16.2 Å². The Kier molecular flexibility index (Phi) is 6.08. The molecule has 1 rings (SSSR count). The van der Waals surface area contributed by atoms with Gasteiger partial charge in [-0.15, -0.1) is 6.42 Å². The van der Waals surface area contributed by atoms with E-state index in [1.807, 2.05) is 19.1 Å². The van der Waals surface area contributed by atoms with Crippen molar-refractivity contribution in [2.75, 3.05) is 26.9 Å². The average molecular weight is 234 g/mol. The predicted molar refractivity (Wildman–Crippen MR) is 66.9 cm³/mol. The Morgan fingerprint density at radius 2 is 2.29 bits per heavy atom. The maximum atomic E-state index is 5.43. The fraction of sp³-hybridized carbons (Fsp3) is 0.462. The molecule has 0 radical (unpaired) electrons. The van der Waals surface area contributed by atoms with E-state index in [1.54, 1.807) is 7.11 Å². The highest BCUT2D eigenvalue weighted by atomic mass is 16.5. The number of pyridine rings is 1. The summed E-state index contributed by atoms with van der Waals surface area (Å²) in [6.07, 6.45) is 5.17. The quantitative estimate of drug-likeness (QED) is 0.567. The van der Waals surface area contributed by atoms with Crippen LogP contribution in [0.25, 0.3) is 0 Å². The van der Waals surface area contributed by atoms with Crippen LogP contribution in [0.3, 0.4) is 0 Å². The summed E-state index contributed by atoms with van der Waals surface area (Å²) in [6, 6.07) is 3.80. The Labute approximate surface area is 102 Å². The van der Waals surface area contributed by atoms with Crippen LogP contribution in [0.15, 0.2) is 12.1 Å². The molecule has 17 heavy (non-hydrogen) atoms. The molecule has 1 N–H and O–H groups in total. The summed E-state index contributed by atoms with van der Waals surface area (Å²) in [4.78, 5) is 4.43. The van der Waals surface area contributed by atoms with Gasteiger partial charge in [0.1, 0.15) is 12.4 Å². The van der Waals surface area contributed by atoms with Crippen molar-refractivity contribution in [1.82, 2.24) is 10.3 Å². The van der Waals surface area contributed by atoms with Crippen molar-refractivity contribution in [1.29, 1.82) is 0 Å². The third kappa shape index (κ3) is 4.85. The summed E-state index contributed by atoms with van der Waals surface area (Å²) < 4.78 is 10.4. The van der Waals surface area contributed by atoms with E-state index in [4.69, 9.17) is 15.9 Å². The molecule has 0 bridgehead atoms. The van der Waals surface area contributed by atoms with Crippen LogP contribution in [0.5, 0.6) is 5.75 Å². The van der Waals surface area contributed by atoms with E-state index >= 15 is 0 Å². The van der Waals surface area contributed by atoms with Gasteiger partial charge >= 0.3 is 0 Å². The first kappa shape index (κ1) is 13.5. The normalized spacial score (nSPS) is 9.94. The van der Waals surface area contributed by atoms with Crippen LogP contribution >= 0.6 is 0 Å². The number of aryl methyl sites for hydroxylation is 1. The number of aromatic nitrogens is 1. The van der Waals surface area contributed by atoms with E-state index in [9.17, 15) is 0 Å². The summed E-state index contributed by atoms with van der Waals surface area (Å²) in [7, 11) is 1.67. The number of ether oxygens (including phenoxy) is 2. The van der Waals surface area contributed by atoms with Crippen molar-refractivity contribution in [2.45, 2.75) is 13.5 Å². The lowest BCUT2D eigenvalue weighted by molar-refractivity contribution is 0.199. The molecule has 4 heteroatoms. The van der Waals surface area contributed by atoms with Gasteiger partial charge in [-0.25, -0.2) is 0 Å². The molecule has 0 aliphatic rings. The topological polar surface area (TPSA) is 43.4 Å². The summed E-state index contributed by atoms with van der Waals surface area (Å²) in [5.41, 5.74) is 1.83. The average Bonchev–Trinajstić information content (AvgIpc) is 2.33. The van der Waals surface area contributed by atoms with Crippen molar-refractivity contribution in [3.8, 4) is 18.1 Å². The number of methoxy groups -OCH3 is 1. The first-order chi connectivity index (χ1) is 8.27. The number of hydrogen-bond acceptors (Lipinski definition) is 4. The molecule has 1 aromatic heterocycles. The van der Waals surface area contributed by atoms with Crippen LogP contribution in [0.2, 0.25) is 0 Å². The lowest BCUT2D eigenvalue weighted by atomic mass is 10.3. The molecular weight excluding hydrogens is 216 g/mol.